The van der Waals surface area contributed by atoms with Gasteiger partial charge in [0.1, 0.15) is 16.8 Å². The first kappa shape index (κ1) is 21.1. The van der Waals surface area contributed by atoms with Crippen LogP contribution in [0.3, 0.4) is 0 Å². The van der Waals surface area contributed by atoms with E-state index in [0.717, 1.165) is 42.7 Å². The van der Waals surface area contributed by atoms with Crippen LogP contribution in [-0.2, 0) is 13.1 Å². The van der Waals surface area contributed by atoms with Gasteiger partial charge in [-0.15, -0.1) is 0 Å². The van der Waals surface area contributed by atoms with Crippen LogP contribution in [0.2, 0.25) is 0 Å². The minimum absolute atomic E-state index is 0.0247. The molecule has 2 heterocycles. The summed E-state index contributed by atoms with van der Waals surface area (Å²) in [5.74, 6) is 0.755. The van der Waals surface area contributed by atoms with Crippen LogP contribution in [0.15, 0.2) is 59.7 Å². The zero-order valence-electron chi connectivity index (χ0n) is 18.3. The molecule has 0 aliphatic carbocycles. The molecule has 0 amide bonds. The first-order chi connectivity index (χ1) is 15.2. The number of nitrogens with one attached hydrogen (secondary N) is 1. The monoisotopic (exact) mass is 418 g/mol. The SMILES string of the molecule is CCCCN(CCCn1cnc2c([nH]c3cc(OC)ccc32)c1=O)Cc1ccccc1. The predicted molar refractivity (Wildman–Crippen MR) is 126 cm³/mol. The standard InChI is InChI=1S/C25H30N4O2/c1-3-4-13-28(17-19-9-6-5-7-10-19)14-8-15-29-18-26-23-21-12-11-20(31-2)16-22(21)27-24(23)25(29)30/h5-7,9-12,16,18,27H,3-4,8,13-15,17H2,1-2H3. The summed E-state index contributed by atoms with van der Waals surface area (Å²) in [6, 6.07) is 16.3. The summed E-state index contributed by atoms with van der Waals surface area (Å²) in [6.07, 6.45) is 4.93. The Morgan fingerprint density at radius 1 is 1.10 bits per heavy atom. The highest BCUT2D eigenvalue weighted by molar-refractivity contribution is 6.04. The number of methoxy groups -OCH3 is 1. The third kappa shape index (κ3) is 4.80. The van der Waals surface area contributed by atoms with Crippen molar-refractivity contribution in [2.45, 2.75) is 39.3 Å². The number of aryl methyl sites for hydroxylation is 1. The van der Waals surface area contributed by atoms with E-state index in [9.17, 15) is 4.79 Å². The Morgan fingerprint density at radius 2 is 1.90 bits per heavy atom. The molecule has 2 aromatic heterocycles. The summed E-state index contributed by atoms with van der Waals surface area (Å²) >= 11 is 0. The zero-order valence-corrected chi connectivity index (χ0v) is 18.3. The van der Waals surface area contributed by atoms with Crippen molar-refractivity contribution < 1.29 is 4.74 Å². The van der Waals surface area contributed by atoms with E-state index in [1.54, 1.807) is 18.0 Å². The number of aromatic amines is 1. The van der Waals surface area contributed by atoms with Gasteiger partial charge in [0.2, 0.25) is 0 Å². The molecule has 0 aliphatic rings. The number of H-pyrrole nitrogens is 1. The number of unbranched alkanes of at least 4 members (excludes halogenated alkanes) is 1. The van der Waals surface area contributed by atoms with Crippen LogP contribution in [0.5, 0.6) is 5.75 Å². The summed E-state index contributed by atoms with van der Waals surface area (Å²) in [4.78, 5) is 23.3. The average Bonchev–Trinajstić information content (AvgIpc) is 3.18. The van der Waals surface area contributed by atoms with Crippen molar-refractivity contribution in [1.29, 1.82) is 0 Å². The minimum atomic E-state index is -0.0247. The second kappa shape index (κ2) is 9.79. The van der Waals surface area contributed by atoms with Gasteiger partial charge in [-0.1, -0.05) is 43.7 Å². The van der Waals surface area contributed by atoms with E-state index in [4.69, 9.17) is 4.74 Å². The Hall–Kier alpha value is -3.12. The molecular formula is C25H30N4O2. The van der Waals surface area contributed by atoms with E-state index in [1.807, 2.05) is 18.2 Å². The van der Waals surface area contributed by atoms with E-state index >= 15 is 0 Å². The molecule has 0 fully saturated rings. The Morgan fingerprint density at radius 3 is 2.68 bits per heavy atom. The zero-order chi connectivity index (χ0) is 21.6. The first-order valence-corrected chi connectivity index (χ1v) is 11.0. The second-order valence-electron chi connectivity index (χ2n) is 7.97. The number of rotatable bonds is 10. The Labute approximate surface area is 182 Å². The third-order valence-electron chi connectivity index (χ3n) is 5.73. The van der Waals surface area contributed by atoms with Gasteiger partial charge in [-0.2, -0.15) is 0 Å². The lowest BCUT2D eigenvalue weighted by Gasteiger charge is -2.22. The lowest BCUT2D eigenvalue weighted by molar-refractivity contribution is 0.252. The molecule has 0 atom stereocenters. The van der Waals surface area contributed by atoms with Crippen molar-refractivity contribution in [1.82, 2.24) is 19.4 Å². The summed E-state index contributed by atoms with van der Waals surface area (Å²) in [5.41, 5.74) is 3.44. The van der Waals surface area contributed by atoms with Gasteiger partial charge in [0.25, 0.3) is 5.56 Å². The molecule has 31 heavy (non-hydrogen) atoms. The second-order valence-corrected chi connectivity index (χ2v) is 7.97. The van der Waals surface area contributed by atoms with E-state index in [2.05, 4.69) is 52.1 Å². The molecule has 4 aromatic rings. The largest absolute Gasteiger partial charge is 0.497 e. The van der Waals surface area contributed by atoms with Crippen molar-refractivity contribution in [3.05, 3.63) is 70.8 Å². The molecule has 0 saturated carbocycles. The molecule has 1 N–H and O–H groups in total. The number of ether oxygens (including phenoxy) is 1. The van der Waals surface area contributed by atoms with E-state index in [-0.39, 0.29) is 5.56 Å². The van der Waals surface area contributed by atoms with Crippen molar-refractivity contribution >= 4 is 21.9 Å². The van der Waals surface area contributed by atoms with Gasteiger partial charge >= 0.3 is 0 Å². The molecule has 162 valence electrons. The highest BCUT2D eigenvalue weighted by Crippen LogP contribution is 2.25. The number of nitrogens with zero attached hydrogens (tertiary/aromatic N) is 3. The number of aromatic nitrogens is 3. The molecule has 6 nitrogen and oxygen atoms in total. The third-order valence-corrected chi connectivity index (χ3v) is 5.73. The highest BCUT2D eigenvalue weighted by atomic mass is 16.5. The maximum atomic E-state index is 13.0. The van der Waals surface area contributed by atoms with Gasteiger partial charge in [0.15, 0.2) is 0 Å². The van der Waals surface area contributed by atoms with Crippen LogP contribution in [0.4, 0.5) is 0 Å². The van der Waals surface area contributed by atoms with Crippen molar-refractivity contribution in [2.75, 3.05) is 20.2 Å². The smallest absolute Gasteiger partial charge is 0.277 e. The lowest BCUT2D eigenvalue weighted by atomic mass is 10.2. The van der Waals surface area contributed by atoms with Crippen LogP contribution in [0.1, 0.15) is 31.7 Å². The maximum Gasteiger partial charge on any atom is 0.277 e. The summed E-state index contributed by atoms with van der Waals surface area (Å²) in [5, 5.41) is 0.939. The molecule has 0 spiro atoms. The minimum Gasteiger partial charge on any atom is -0.497 e. The molecule has 0 aliphatic heterocycles. The number of hydrogen-bond donors (Lipinski definition) is 1. The van der Waals surface area contributed by atoms with Gasteiger partial charge < -0.3 is 9.72 Å². The summed E-state index contributed by atoms with van der Waals surface area (Å²) in [7, 11) is 1.64. The first-order valence-electron chi connectivity index (χ1n) is 11.0. The van der Waals surface area contributed by atoms with Crippen LogP contribution in [0, 0.1) is 0 Å². The number of hydrogen-bond acceptors (Lipinski definition) is 4. The molecule has 2 aromatic carbocycles. The lowest BCUT2D eigenvalue weighted by Crippen LogP contribution is -2.28. The van der Waals surface area contributed by atoms with Gasteiger partial charge in [0.05, 0.1) is 19.0 Å². The van der Waals surface area contributed by atoms with Crippen molar-refractivity contribution in [2.24, 2.45) is 0 Å². The fourth-order valence-electron chi connectivity index (χ4n) is 4.02. The molecule has 0 radical (unpaired) electrons. The Balaban J connectivity index is 1.47. The van der Waals surface area contributed by atoms with Gasteiger partial charge in [-0.05, 0) is 37.1 Å². The summed E-state index contributed by atoms with van der Waals surface area (Å²) < 4.78 is 7.01. The van der Waals surface area contributed by atoms with Crippen LogP contribution >= 0.6 is 0 Å². The Bertz CT molecular complexity index is 1200. The highest BCUT2D eigenvalue weighted by Gasteiger charge is 2.12. The Kier molecular flexibility index (Phi) is 6.67. The molecular weight excluding hydrogens is 388 g/mol. The van der Waals surface area contributed by atoms with Gasteiger partial charge in [-0.3, -0.25) is 14.3 Å². The predicted octanol–water partition coefficient (Wildman–Crippen LogP) is 4.58. The molecule has 0 unspecified atom stereocenters. The van der Waals surface area contributed by atoms with Crippen molar-refractivity contribution in [3.8, 4) is 5.75 Å². The van der Waals surface area contributed by atoms with Crippen molar-refractivity contribution in [3.63, 3.8) is 0 Å². The average molecular weight is 419 g/mol. The topological polar surface area (TPSA) is 63.1 Å². The van der Waals surface area contributed by atoms with E-state index < -0.39 is 0 Å². The summed E-state index contributed by atoms with van der Waals surface area (Å²) in [6.45, 7) is 5.83. The quantitative estimate of drug-likeness (QED) is 0.409. The van der Waals surface area contributed by atoms with Crippen LogP contribution in [-0.4, -0.2) is 39.6 Å². The number of fused-ring (bicyclic) bond motifs is 3. The number of benzene rings is 2. The molecule has 4 rings (SSSR count). The fourth-order valence-corrected chi connectivity index (χ4v) is 4.02. The fraction of sp³-hybridized carbons (Fsp3) is 0.360. The van der Waals surface area contributed by atoms with Gasteiger partial charge in [0, 0.05) is 31.1 Å². The molecule has 6 heteroatoms. The molecule has 0 saturated heterocycles. The van der Waals surface area contributed by atoms with Gasteiger partial charge in [-0.25, -0.2) is 4.98 Å². The molecule has 0 bridgehead atoms. The maximum absolute atomic E-state index is 13.0. The van der Waals surface area contributed by atoms with Crippen LogP contribution in [0.25, 0.3) is 21.9 Å². The van der Waals surface area contributed by atoms with E-state index in [0.29, 0.717) is 17.6 Å². The van der Waals surface area contributed by atoms with Crippen LogP contribution < -0.4 is 10.3 Å². The van der Waals surface area contributed by atoms with E-state index in [1.165, 1.54) is 18.4 Å². The normalized spacial score (nSPS) is 11.6.